The maximum atomic E-state index is 13.4. The largest absolute Gasteiger partial charge is 0.506 e. The van der Waals surface area contributed by atoms with E-state index in [1.54, 1.807) is 37.3 Å². The summed E-state index contributed by atoms with van der Waals surface area (Å²) in [4.78, 5) is 0.0985. The lowest BCUT2D eigenvalue weighted by molar-refractivity contribution is 0.128. The van der Waals surface area contributed by atoms with Crippen LogP contribution in [0.25, 0.3) is 0 Å². The molecule has 4 rings (SSSR count). The van der Waals surface area contributed by atoms with Crippen LogP contribution in [0.3, 0.4) is 0 Å². The van der Waals surface area contributed by atoms with Gasteiger partial charge < -0.3 is 9.84 Å². The third-order valence-electron chi connectivity index (χ3n) is 5.80. The zero-order chi connectivity index (χ0) is 26.1. The number of hydrogen-bond donors (Lipinski definition) is 1. The van der Waals surface area contributed by atoms with Crippen LogP contribution in [0, 0.1) is 13.8 Å². The first-order valence-corrected chi connectivity index (χ1v) is 15.1. The summed E-state index contributed by atoms with van der Waals surface area (Å²) in [6.45, 7) is 9.55. The molecule has 0 spiro atoms. The van der Waals surface area contributed by atoms with Crippen LogP contribution in [0.15, 0.2) is 59.2 Å². The molecule has 186 valence electrons. The number of halogens is 4. The summed E-state index contributed by atoms with van der Waals surface area (Å²) >= 11 is 14.2. The quantitative estimate of drug-likeness (QED) is 0.273. The van der Waals surface area contributed by atoms with E-state index in [9.17, 15) is 13.5 Å². The normalized spacial score (nSPS) is 19.0. The maximum absolute atomic E-state index is 13.4. The van der Waals surface area contributed by atoms with Gasteiger partial charge in [-0.05, 0) is 139 Å². The smallest absolute Gasteiger partial charge is 0.298 e. The summed E-state index contributed by atoms with van der Waals surface area (Å²) in [6.07, 6.45) is 0. The molecule has 0 amide bonds. The molecule has 0 radical (unpaired) electrons. The van der Waals surface area contributed by atoms with Gasteiger partial charge in [0, 0.05) is 5.56 Å². The van der Waals surface area contributed by atoms with Crippen molar-refractivity contribution in [3.63, 3.8) is 0 Å². The second-order valence-corrected chi connectivity index (χ2v) is 14.1. The highest BCUT2D eigenvalue weighted by molar-refractivity contribution is 9.11. The second kappa shape index (κ2) is 9.13. The fourth-order valence-corrected chi connectivity index (χ4v) is 8.10. The lowest BCUT2D eigenvalue weighted by Gasteiger charge is -2.34. The number of hydrogen-bond acceptors (Lipinski definition) is 5. The Labute approximate surface area is 238 Å². The van der Waals surface area contributed by atoms with Gasteiger partial charge in [0.1, 0.15) is 22.0 Å². The van der Waals surface area contributed by atoms with E-state index in [0.29, 0.717) is 45.9 Å². The molecular weight excluding hydrogens is 732 g/mol. The molecule has 5 nitrogen and oxygen atoms in total. The zero-order valence-corrected chi connectivity index (χ0v) is 26.6. The van der Waals surface area contributed by atoms with Gasteiger partial charge in [-0.1, -0.05) is 18.2 Å². The summed E-state index contributed by atoms with van der Waals surface area (Å²) in [7, 11) is -4.10. The van der Waals surface area contributed by atoms with Crippen molar-refractivity contribution in [2.45, 2.75) is 50.7 Å². The molecular formula is C25H22Br4O5S. The maximum Gasteiger partial charge on any atom is 0.298 e. The predicted octanol–water partition coefficient (Wildman–Crippen LogP) is 8.25. The highest BCUT2D eigenvalue weighted by Crippen LogP contribution is 2.56. The summed E-state index contributed by atoms with van der Waals surface area (Å²) in [5.74, 6) is 0.622. The van der Waals surface area contributed by atoms with E-state index in [2.05, 4.69) is 63.7 Å². The monoisotopic (exact) mass is 750 g/mol. The minimum atomic E-state index is -4.10. The molecule has 1 heterocycles. The predicted molar refractivity (Wildman–Crippen MR) is 150 cm³/mol. The summed E-state index contributed by atoms with van der Waals surface area (Å²) in [6, 6.07) is 10.3. The van der Waals surface area contributed by atoms with Crippen molar-refractivity contribution in [1.82, 2.24) is 0 Å². The molecule has 1 aliphatic rings. The standard InChI is InChI=1S/C25H22Br4O5S/c1-12-15(10-17(26)22(30)20(12)28)25(14-8-6-7-9-19(14)35(31,32)34-25)16-11-18(27)23(21(29)13(16)2)33-24(3,4)5/h6-11,30H,1-5H3. The lowest BCUT2D eigenvalue weighted by atomic mass is 9.77. The Morgan fingerprint density at radius 3 is 2.03 bits per heavy atom. The van der Waals surface area contributed by atoms with Crippen LogP contribution in [-0.2, 0) is 19.9 Å². The minimum Gasteiger partial charge on any atom is -0.506 e. The van der Waals surface area contributed by atoms with Crippen molar-refractivity contribution in [2.75, 3.05) is 0 Å². The van der Waals surface area contributed by atoms with Gasteiger partial charge >= 0.3 is 0 Å². The van der Waals surface area contributed by atoms with E-state index in [0.717, 1.165) is 5.56 Å². The molecule has 10 heteroatoms. The van der Waals surface area contributed by atoms with Gasteiger partial charge in [-0.15, -0.1) is 0 Å². The third kappa shape index (κ3) is 4.42. The molecule has 3 aromatic carbocycles. The molecule has 1 atom stereocenters. The van der Waals surface area contributed by atoms with Gasteiger partial charge in [-0.25, -0.2) is 4.18 Å². The van der Waals surface area contributed by atoms with Crippen LogP contribution in [-0.4, -0.2) is 19.1 Å². The van der Waals surface area contributed by atoms with E-state index in [1.807, 2.05) is 33.8 Å². The van der Waals surface area contributed by atoms with Crippen molar-refractivity contribution in [1.29, 1.82) is 0 Å². The van der Waals surface area contributed by atoms with E-state index in [1.165, 1.54) is 0 Å². The van der Waals surface area contributed by atoms with Gasteiger partial charge in [0.25, 0.3) is 10.1 Å². The highest BCUT2D eigenvalue weighted by atomic mass is 79.9. The number of fused-ring (bicyclic) bond motifs is 1. The van der Waals surface area contributed by atoms with Crippen LogP contribution < -0.4 is 4.74 Å². The number of phenolic OH excluding ortho intramolecular Hbond substituents is 1. The van der Waals surface area contributed by atoms with E-state index in [-0.39, 0.29) is 10.6 Å². The molecule has 1 aliphatic heterocycles. The Morgan fingerprint density at radius 2 is 1.43 bits per heavy atom. The summed E-state index contributed by atoms with van der Waals surface area (Å²) in [5.41, 5.74) is 1.07. The molecule has 0 saturated carbocycles. The molecule has 3 aromatic rings. The number of rotatable bonds is 3. The van der Waals surface area contributed by atoms with E-state index < -0.39 is 21.3 Å². The first-order valence-electron chi connectivity index (χ1n) is 10.5. The van der Waals surface area contributed by atoms with Gasteiger partial charge in [-0.3, -0.25) is 0 Å². The van der Waals surface area contributed by atoms with Gasteiger partial charge in [0.15, 0.2) is 5.60 Å². The number of aromatic hydroxyl groups is 1. The van der Waals surface area contributed by atoms with Crippen molar-refractivity contribution in [3.05, 3.63) is 82.1 Å². The second-order valence-electron chi connectivity index (χ2n) is 9.30. The molecule has 35 heavy (non-hydrogen) atoms. The first-order chi connectivity index (χ1) is 16.1. The summed E-state index contributed by atoms with van der Waals surface area (Å²) < 4.78 is 41.2. The minimum absolute atomic E-state index is 0.0172. The highest BCUT2D eigenvalue weighted by Gasteiger charge is 2.53. The van der Waals surface area contributed by atoms with Gasteiger partial charge in [0.2, 0.25) is 0 Å². The van der Waals surface area contributed by atoms with Crippen molar-refractivity contribution < 1.29 is 22.4 Å². The Morgan fingerprint density at radius 1 is 0.886 bits per heavy atom. The number of ether oxygens (including phenoxy) is 1. The number of phenols is 1. The molecule has 0 fully saturated rings. The van der Waals surface area contributed by atoms with Crippen LogP contribution in [0.1, 0.15) is 48.6 Å². The molecule has 1 unspecified atom stereocenters. The Bertz CT molecular complexity index is 1480. The van der Waals surface area contributed by atoms with Gasteiger partial charge in [0.05, 0.1) is 17.9 Å². The van der Waals surface area contributed by atoms with Crippen LogP contribution in [0.2, 0.25) is 0 Å². The molecule has 0 aromatic heterocycles. The molecule has 0 bridgehead atoms. The number of benzene rings is 3. The average molecular weight is 754 g/mol. The molecule has 1 N–H and O–H groups in total. The van der Waals surface area contributed by atoms with Crippen LogP contribution in [0.4, 0.5) is 0 Å². The first kappa shape index (κ1) is 27.1. The fraction of sp³-hybridized carbons (Fsp3) is 0.280. The summed E-state index contributed by atoms with van der Waals surface area (Å²) in [5, 5.41) is 10.5. The fourth-order valence-electron chi connectivity index (χ4n) is 4.28. The van der Waals surface area contributed by atoms with E-state index in [4.69, 9.17) is 8.92 Å². The lowest BCUT2D eigenvalue weighted by Crippen LogP contribution is -2.32. The SMILES string of the molecule is Cc1c(C2(c3cc(Br)c(OC(C)(C)C)c(Br)c3C)OS(=O)(=O)c3ccccc32)cc(Br)c(O)c1Br. The van der Waals surface area contributed by atoms with Crippen LogP contribution >= 0.6 is 63.7 Å². The molecule has 0 aliphatic carbocycles. The van der Waals surface area contributed by atoms with Gasteiger partial charge in [-0.2, -0.15) is 8.42 Å². The Kier molecular flexibility index (Phi) is 7.08. The molecule has 0 saturated heterocycles. The topological polar surface area (TPSA) is 72.8 Å². The third-order valence-corrected chi connectivity index (χ3v) is 10.3. The zero-order valence-electron chi connectivity index (χ0n) is 19.5. The average Bonchev–Trinajstić information content (AvgIpc) is 3.02. The Balaban J connectivity index is 2.18. The van der Waals surface area contributed by atoms with Crippen molar-refractivity contribution >= 4 is 73.8 Å². The Hall–Kier alpha value is -0.910. The van der Waals surface area contributed by atoms with Crippen molar-refractivity contribution in [3.8, 4) is 11.5 Å². The van der Waals surface area contributed by atoms with E-state index >= 15 is 0 Å². The van der Waals surface area contributed by atoms with Crippen LogP contribution in [0.5, 0.6) is 11.5 Å². The van der Waals surface area contributed by atoms with Crippen molar-refractivity contribution in [2.24, 2.45) is 0 Å².